The summed E-state index contributed by atoms with van der Waals surface area (Å²) in [5, 5.41) is 3.61. The van der Waals surface area contributed by atoms with Crippen LogP contribution in [-0.4, -0.2) is 37.1 Å². The van der Waals surface area contributed by atoms with Crippen LogP contribution in [-0.2, 0) is 0 Å². The van der Waals surface area contributed by atoms with Crippen LogP contribution >= 0.6 is 0 Å². The second-order valence-electron chi connectivity index (χ2n) is 4.42. The molecule has 1 atom stereocenters. The summed E-state index contributed by atoms with van der Waals surface area (Å²) in [5.74, 6) is 0. The maximum absolute atomic E-state index is 3.61. The van der Waals surface area contributed by atoms with Gasteiger partial charge in [-0.3, -0.25) is 0 Å². The average Bonchev–Trinajstić information content (AvgIpc) is 2.43. The molecule has 0 aromatic rings. The van der Waals surface area contributed by atoms with Crippen LogP contribution in [0.15, 0.2) is 0 Å². The lowest BCUT2D eigenvalue weighted by molar-refractivity contribution is 0.260. The third-order valence-electron chi connectivity index (χ3n) is 3.13. The van der Waals surface area contributed by atoms with Gasteiger partial charge >= 0.3 is 0 Å². The predicted molar refractivity (Wildman–Crippen MR) is 62.7 cm³/mol. The van der Waals surface area contributed by atoms with Crippen LogP contribution in [0.2, 0.25) is 0 Å². The van der Waals surface area contributed by atoms with Crippen molar-refractivity contribution in [2.45, 2.75) is 52.0 Å². The van der Waals surface area contributed by atoms with E-state index < -0.39 is 0 Å². The van der Waals surface area contributed by atoms with Crippen molar-refractivity contribution in [3.8, 4) is 0 Å². The second kappa shape index (κ2) is 7.24. The first-order valence-electron chi connectivity index (χ1n) is 6.32. The molecule has 1 saturated heterocycles. The van der Waals surface area contributed by atoms with Gasteiger partial charge in [-0.15, -0.1) is 0 Å². The molecule has 0 saturated carbocycles. The van der Waals surface area contributed by atoms with Gasteiger partial charge in [0.2, 0.25) is 0 Å². The largest absolute Gasteiger partial charge is 0.313 e. The Morgan fingerprint density at radius 2 is 2.14 bits per heavy atom. The molecule has 14 heavy (non-hydrogen) atoms. The van der Waals surface area contributed by atoms with E-state index in [1.807, 2.05) is 0 Å². The minimum Gasteiger partial charge on any atom is -0.313 e. The molecular weight excluding hydrogens is 172 g/mol. The predicted octanol–water partition coefficient (Wildman–Crippen LogP) is 2.25. The Labute approximate surface area is 89.1 Å². The molecule has 0 spiro atoms. The average molecular weight is 198 g/mol. The highest BCUT2D eigenvalue weighted by molar-refractivity contribution is 4.75. The van der Waals surface area contributed by atoms with Gasteiger partial charge in [0.1, 0.15) is 0 Å². The van der Waals surface area contributed by atoms with Gasteiger partial charge in [0.25, 0.3) is 0 Å². The van der Waals surface area contributed by atoms with Crippen LogP contribution in [0.4, 0.5) is 0 Å². The smallest absolute Gasteiger partial charge is 0.0192 e. The molecule has 1 aliphatic heterocycles. The van der Waals surface area contributed by atoms with E-state index in [1.54, 1.807) is 0 Å². The Kier molecular flexibility index (Phi) is 6.20. The molecule has 0 bridgehead atoms. The first kappa shape index (κ1) is 12.0. The zero-order valence-electron chi connectivity index (χ0n) is 9.89. The summed E-state index contributed by atoms with van der Waals surface area (Å²) in [6, 6.07) is 0.735. The molecule has 1 rings (SSSR count). The zero-order valence-corrected chi connectivity index (χ0v) is 9.89. The number of rotatable bonds is 5. The molecule has 1 fully saturated rings. The van der Waals surface area contributed by atoms with Crippen molar-refractivity contribution in [1.29, 1.82) is 0 Å². The molecule has 2 nitrogen and oxygen atoms in total. The molecule has 2 heteroatoms. The van der Waals surface area contributed by atoms with Crippen molar-refractivity contribution in [1.82, 2.24) is 10.2 Å². The molecule has 0 amide bonds. The van der Waals surface area contributed by atoms with Gasteiger partial charge in [0.15, 0.2) is 0 Å². The van der Waals surface area contributed by atoms with Crippen molar-refractivity contribution in [3.63, 3.8) is 0 Å². The van der Waals surface area contributed by atoms with Gasteiger partial charge in [0, 0.05) is 12.6 Å². The summed E-state index contributed by atoms with van der Waals surface area (Å²) in [4.78, 5) is 2.64. The standard InChI is InChI=1S/C12H26N2/c1-3-5-6-9-14-10-7-8-13-12(4-2)11-14/h12-13H,3-11H2,1-2H3. The molecule has 1 unspecified atom stereocenters. The van der Waals surface area contributed by atoms with Gasteiger partial charge < -0.3 is 10.2 Å². The van der Waals surface area contributed by atoms with Crippen molar-refractivity contribution >= 4 is 0 Å². The van der Waals surface area contributed by atoms with Gasteiger partial charge in [-0.2, -0.15) is 0 Å². The maximum Gasteiger partial charge on any atom is 0.0192 e. The number of hydrogen-bond donors (Lipinski definition) is 1. The fourth-order valence-electron chi connectivity index (χ4n) is 2.14. The Hall–Kier alpha value is -0.0800. The molecule has 84 valence electrons. The monoisotopic (exact) mass is 198 g/mol. The van der Waals surface area contributed by atoms with E-state index in [4.69, 9.17) is 0 Å². The third kappa shape index (κ3) is 4.43. The summed E-state index contributed by atoms with van der Waals surface area (Å²) in [6.07, 6.45) is 6.70. The summed E-state index contributed by atoms with van der Waals surface area (Å²) in [5.41, 5.74) is 0. The third-order valence-corrected chi connectivity index (χ3v) is 3.13. The Balaban J connectivity index is 2.20. The van der Waals surface area contributed by atoms with E-state index in [0.717, 1.165) is 6.04 Å². The number of hydrogen-bond acceptors (Lipinski definition) is 2. The normalized spacial score (nSPS) is 24.9. The van der Waals surface area contributed by atoms with E-state index in [-0.39, 0.29) is 0 Å². The van der Waals surface area contributed by atoms with Crippen LogP contribution in [0.25, 0.3) is 0 Å². The summed E-state index contributed by atoms with van der Waals surface area (Å²) < 4.78 is 0. The minimum absolute atomic E-state index is 0.735. The van der Waals surface area contributed by atoms with Crippen LogP contribution in [0.5, 0.6) is 0 Å². The fourth-order valence-corrected chi connectivity index (χ4v) is 2.14. The lowest BCUT2D eigenvalue weighted by Crippen LogP contribution is -2.37. The lowest BCUT2D eigenvalue weighted by atomic mass is 10.2. The Bertz CT molecular complexity index is 136. The van der Waals surface area contributed by atoms with Gasteiger partial charge in [-0.05, 0) is 38.9 Å². The maximum atomic E-state index is 3.61. The van der Waals surface area contributed by atoms with E-state index in [2.05, 4.69) is 24.1 Å². The Morgan fingerprint density at radius 1 is 1.29 bits per heavy atom. The van der Waals surface area contributed by atoms with E-state index >= 15 is 0 Å². The van der Waals surface area contributed by atoms with Crippen LogP contribution in [0.3, 0.4) is 0 Å². The van der Waals surface area contributed by atoms with Crippen molar-refractivity contribution in [3.05, 3.63) is 0 Å². The molecule has 0 aromatic heterocycles. The van der Waals surface area contributed by atoms with E-state index in [0.29, 0.717) is 0 Å². The number of nitrogens with one attached hydrogen (secondary N) is 1. The summed E-state index contributed by atoms with van der Waals surface area (Å²) >= 11 is 0. The molecule has 0 radical (unpaired) electrons. The molecule has 1 aliphatic rings. The van der Waals surface area contributed by atoms with Gasteiger partial charge in [-0.1, -0.05) is 26.7 Å². The quantitative estimate of drug-likeness (QED) is 0.682. The first-order chi connectivity index (χ1) is 6.86. The van der Waals surface area contributed by atoms with E-state index in [9.17, 15) is 0 Å². The minimum atomic E-state index is 0.735. The topological polar surface area (TPSA) is 15.3 Å². The molecule has 1 heterocycles. The van der Waals surface area contributed by atoms with Crippen LogP contribution in [0, 0.1) is 0 Å². The Morgan fingerprint density at radius 3 is 2.86 bits per heavy atom. The zero-order chi connectivity index (χ0) is 10.2. The van der Waals surface area contributed by atoms with Gasteiger partial charge in [-0.25, -0.2) is 0 Å². The highest BCUT2D eigenvalue weighted by Gasteiger charge is 2.14. The second-order valence-corrected chi connectivity index (χ2v) is 4.42. The van der Waals surface area contributed by atoms with E-state index in [1.165, 1.54) is 58.3 Å². The number of nitrogens with zero attached hydrogens (tertiary/aromatic N) is 1. The van der Waals surface area contributed by atoms with Crippen molar-refractivity contribution in [2.75, 3.05) is 26.2 Å². The van der Waals surface area contributed by atoms with Crippen LogP contribution in [0.1, 0.15) is 46.0 Å². The van der Waals surface area contributed by atoms with Crippen molar-refractivity contribution in [2.24, 2.45) is 0 Å². The van der Waals surface area contributed by atoms with Gasteiger partial charge in [0.05, 0.1) is 0 Å². The molecular formula is C12H26N2. The lowest BCUT2D eigenvalue weighted by Gasteiger charge is -2.23. The first-order valence-corrected chi connectivity index (χ1v) is 6.32. The van der Waals surface area contributed by atoms with Crippen LogP contribution < -0.4 is 5.32 Å². The summed E-state index contributed by atoms with van der Waals surface area (Å²) in [6.45, 7) is 9.65. The fraction of sp³-hybridized carbons (Fsp3) is 1.00. The number of unbranched alkanes of at least 4 members (excludes halogenated alkanes) is 2. The molecule has 1 N–H and O–H groups in total. The molecule has 0 aromatic carbocycles. The van der Waals surface area contributed by atoms with Crippen molar-refractivity contribution < 1.29 is 0 Å². The highest BCUT2D eigenvalue weighted by atomic mass is 15.2. The summed E-state index contributed by atoms with van der Waals surface area (Å²) in [7, 11) is 0. The highest BCUT2D eigenvalue weighted by Crippen LogP contribution is 2.05. The molecule has 0 aliphatic carbocycles. The SMILES string of the molecule is CCCCCN1CCCNC(CC)C1.